The van der Waals surface area contributed by atoms with Gasteiger partial charge in [0.1, 0.15) is 0 Å². The lowest BCUT2D eigenvalue weighted by Crippen LogP contribution is -2.48. The first-order chi connectivity index (χ1) is 6.74. The maximum atomic E-state index is 9.20. The Morgan fingerprint density at radius 3 is 2.64 bits per heavy atom. The smallest absolute Gasteiger partial charge is 0.0570 e. The number of aliphatic hydroxyl groups is 1. The minimum absolute atomic E-state index is 0.0269. The molecule has 0 spiro atoms. The monoisotopic (exact) mass is 198 g/mol. The summed E-state index contributed by atoms with van der Waals surface area (Å²) < 4.78 is 0. The van der Waals surface area contributed by atoms with Crippen LogP contribution in [0.3, 0.4) is 0 Å². The highest BCUT2D eigenvalue weighted by Gasteiger charge is 2.29. The molecule has 0 bridgehead atoms. The highest BCUT2D eigenvalue weighted by molar-refractivity contribution is 4.88. The van der Waals surface area contributed by atoms with E-state index in [4.69, 9.17) is 0 Å². The lowest BCUT2D eigenvalue weighted by molar-refractivity contribution is 0.0568. The SMILES string of the molecule is CN1CCCC(NC2CC(O)C2)CC1. The van der Waals surface area contributed by atoms with Crippen LogP contribution in [-0.4, -0.2) is 48.3 Å². The molecule has 14 heavy (non-hydrogen) atoms. The summed E-state index contributed by atoms with van der Waals surface area (Å²) in [7, 11) is 2.20. The molecule has 82 valence electrons. The molecule has 2 aliphatic rings. The van der Waals surface area contributed by atoms with Gasteiger partial charge in [0, 0.05) is 12.1 Å². The van der Waals surface area contributed by atoms with Crippen molar-refractivity contribution in [2.75, 3.05) is 20.1 Å². The van der Waals surface area contributed by atoms with Gasteiger partial charge in [-0.05, 0) is 52.2 Å². The van der Waals surface area contributed by atoms with Gasteiger partial charge in [0.2, 0.25) is 0 Å². The molecule has 2 fully saturated rings. The van der Waals surface area contributed by atoms with E-state index in [1.54, 1.807) is 0 Å². The van der Waals surface area contributed by atoms with Crippen molar-refractivity contribution in [3.63, 3.8) is 0 Å². The zero-order valence-corrected chi connectivity index (χ0v) is 9.08. The van der Waals surface area contributed by atoms with Crippen molar-refractivity contribution in [1.29, 1.82) is 0 Å². The van der Waals surface area contributed by atoms with Gasteiger partial charge in [-0.2, -0.15) is 0 Å². The Hall–Kier alpha value is -0.120. The molecule has 1 saturated carbocycles. The van der Waals surface area contributed by atoms with Crippen molar-refractivity contribution < 1.29 is 5.11 Å². The first kappa shape index (κ1) is 10.4. The summed E-state index contributed by atoms with van der Waals surface area (Å²) in [6.45, 7) is 2.46. The predicted octanol–water partition coefficient (Wildman–Crippen LogP) is 0.584. The van der Waals surface area contributed by atoms with Gasteiger partial charge in [0.05, 0.1) is 6.10 Å². The molecule has 1 aliphatic carbocycles. The Bertz CT molecular complexity index is 180. The van der Waals surface area contributed by atoms with Gasteiger partial charge >= 0.3 is 0 Å². The molecule has 3 nitrogen and oxygen atoms in total. The van der Waals surface area contributed by atoms with Crippen molar-refractivity contribution in [3.05, 3.63) is 0 Å². The third kappa shape index (κ3) is 2.69. The maximum absolute atomic E-state index is 9.20. The molecule has 1 unspecified atom stereocenters. The molecule has 1 saturated heterocycles. The molecule has 2 rings (SSSR count). The van der Waals surface area contributed by atoms with E-state index in [0.717, 1.165) is 12.8 Å². The van der Waals surface area contributed by atoms with Crippen LogP contribution in [0.25, 0.3) is 0 Å². The normalized spacial score (nSPS) is 40.3. The summed E-state index contributed by atoms with van der Waals surface area (Å²) in [5.74, 6) is 0. The molecule has 1 atom stereocenters. The summed E-state index contributed by atoms with van der Waals surface area (Å²) in [5.41, 5.74) is 0. The number of nitrogens with one attached hydrogen (secondary N) is 1. The predicted molar refractivity (Wildman–Crippen MR) is 57.3 cm³/mol. The van der Waals surface area contributed by atoms with E-state index in [-0.39, 0.29) is 6.10 Å². The second kappa shape index (κ2) is 4.60. The van der Waals surface area contributed by atoms with Gasteiger partial charge in [-0.15, -0.1) is 0 Å². The summed E-state index contributed by atoms with van der Waals surface area (Å²) in [6, 6.07) is 1.29. The molecular weight excluding hydrogens is 176 g/mol. The molecule has 0 aromatic heterocycles. The van der Waals surface area contributed by atoms with Crippen LogP contribution in [0.15, 0.2) is 0 Å². The van der Waals surface area contributed by atoms with Crippen LogP contribution in [0.1, 0.15) is 32.1 Å². The van der Waals surface area contributed by atoms with Crippen LogP contribution in [0.2, 0.25) is 0 Å². The van der Waals surface area contributed by atoms with Gasteiger partial charge < -0.3 is 15.3 Å². The Kier molecular flexibility index (Phi) is 3.42. The second-order valence-electron chi connectivity index (χ2n) is 4.92. The second-order valence-corrected chi connectivity index (χ2v) is 4.92. The van der Waals surface area contributed by atoms with Crippen LogP contribution >= 0.6 is 0 Å². The quantitative estimate of drug-likeness (QED) is 0.681. The van der Waals surface area contributed by atoms with Gasteiger partial charge in [-0.3, -0.25) is 0 Å². The van der Waals surface area contributed by atoms with Crippen molar-refractivity contribution in [2.24, 2.45) is 0 Å². The Labute approximate surface area is 86.5 Å². The highest BCUT2D eigenvalue weighted by atomic mass is 16.3. The fourth-order valence-corrected chi connectivity index (χ4v) is 2.46. The molecule has 2 N–H and O–H groups in total. The first-order valence-electron chi connectivity index (χ1n) is 5.86. The largest absolute Gasteiger partial charge is 0.393 e. The molecule has 0 aromatic carbocycles. The van der Waals surface area contributed by atoms with Crippen molar-refractivity contribution in [1.82, 2.24) is 10.2 Å². The Balaban J connectivity index is 1.69. The zero-order valence-electron chi connectivity index (χ0n) is 9.08. The van der Waals surface area contributed by atoms with Gasteiger partial charge in [-0.25, -0.2) is 0 Å². The van der Waals surface area contributed by atoms with E-state index in [9.17, 15) is 5.11 Å². The van der Waals surface area contributed by atoms with Crippen LogP contribution in [0.4, 0.5) is 0 Å². The van der Waals surface area contributed by atoms with E-state index in [1.165, 1.54) is 32.4 Å². The number of likely N-dealkylation sites (tertiary alicyclic amines) is 1. The summed E-state index contributed by atoms with van der Waals surface area (Å²) in [4.78, 5) is 2.41. The number of aliphatic hydroxyl groups excluding tert-OH is 1. The minimum atomic E-state index is -0.0269. The Morgan fingerprint density at radius 2 is 1.93 bits per heavy atom. The Morgan fingerprint density at radius 1 is 1.14 bits per heavy atom. The molecule has 1 aliphatic heterocycles. The topological polar surface area (TPSA) is 35.5 Å². The van der Waals surface area contributed by atoms with Crippen LogP contribution < -0.4 is 5.32 Å². The average Bonchev–Trinajstić information content (AvgIpc) is 2.29. The molecule has 3 heteroatoms. The third-order valence-electron chi connectivity index (χ3n) is 3.54. The first-order valence-corrected chi connectivity index (χ1v) is 5.86. The van der Waals surface area contributed by atoms with Crippen molar-refractivity contribution in [2.45, 2.75) is 50.3 Å². The zero-order chi connectivity index (χ0) is 9.97. The van der Waals surface area contributed by atoms with Crippen molar-refractivity contribution in [3.8, 4) is 0 Å². The lowest BCUT2D eigenvalue weighted by Gasteiger charge is -2.35. The van der Waals surface area contributed by atoms with E-state index >= 15 is 0 Å². The van der Waals surface area contributed by atoms with Gasteiger partial charge in [0.25, 0.3) is 0 Å². The van der Waals surface area contributed by atoms with Crippen LogP contribution in [0.5, 0.6) is 0 Å². The van der Waals surface area contributed by atoms with Crippen LogP contribution in [-0.2, 0) is 0 Å². The number of hydrogen-bond acceptors (Lipinski definition) is 3. The number of nitrogens with zero attached hydrogens (tertiary/aromatic N) is 1. The summed E-state index contributed by atoms with van der Waals surface area (Å²) in [5, 5.41) is 12.9. The third-order valence-corrected chi connectivity index (χ3v) is 3.54. The summed E-state index contributed by atoms with van der Waals surface area (Å²) in [6.07, 6.45) is 5.78. The molecule has 0 amide bonds. The van der Waals surface area contributed by atoms with E-state index in [2.05, 4.69) is 17.3 Å². The van der Waals surface area contributed by atoms with Crippen molar-refractivity contribution >= 4 is 0 Å². The molecular formula is C11H22N2O. The minimum Gasteiger partial charge on any atom is -0.393 e. The van der Waals surface area contributed by atoms with Crippen LogP contribution in [0, 0.1) is 0 Å². The van der Waals surface area contributed by atoms with E-state index < -0.39 is 0 Å². The van der Waals surface area contributed by atoms with E-state index in [1.807, 2.05) is 0 Å². The average molecular weight is 198 g/mol. The fourth-order valence-electron chi connectivity index (χ4n) is 2.46. The number of hydrogen-bond donors (Lipinski definition) is 2. The highest BCUT2D eigenvalue weighted by Crippen LogP contribution is 2.21. The molecule has 0 aromatic rings. The standard InChI is InChI=1S/C11H22N2O/c1-13-5-2-3-9(4-6-13)12-10-7-11(14)8-10/h9-12,14H,2-8H2,1H3. The fraction of sp³-hybridized carbons (Fsp3) is 1.00. The summed E-state index contributed by atoms with van der Waals surface area (Å²) >= 11 is 0. The van der Waals surface area contributed by atoms with Gasteiger partial charge in [0.15, 0.2) is 0 Å². The maximum Gasteiger partial charge on any atom is 0.0570 e. The van der Waals surface area contributed by atoms with E-state index in [0.29, 0.717) is 12.1 Å². The number of rotatable bonds is 2. The molecule has 0 radical (unpaired) electrons. The molecule has 1 heterocycles. The van der Waals surface area contributed by atoms with Gasteiger partial charge in [-0.1, -0.05) is 0 Å². The lowest BCUT2D eigenvalue weighted by atomic mass is 9.88.